The maximum absolute atomic E-state index is 5.79. The second kappa shape index (κ2) is 6.46. The molecular weight excluding hydrogens is 190 g/mol. The number of methoxy groups -OCH3 is 1. The van der Waals surface area contributed by atoms with E-state index in [1.54, 1.807) is 7.11 Å². The molecular formula is C12H27NO2. The van der Waals surface area contributed by atoms with Crippen molar-refractivity contribution in [3.63, 3.8) is 0 Å². The van der Waals surface area contributed by atoms with Crippen LogP contribution in [0.3, 0.4) is 0 Å². The van der Waals surface area contributed by atoms with Crippen molar-refractivity contribution in [3.05, 3.63) is 0 Å². The van der Waals surface area contributed by atoms with Gasteiger partial charge in [-0.3, -0.25) is 0 Å². The number of nitrogens with two attached hydrogens (primary N) is 1. The van der Waals surface area contributed by atoms with Gasteiger partial charge < -0.3 is 15.2 Å². The molecule has 0 aromatic carbocycles. The quantitative estimate of drug-likeness (QED) is 0.634. The van der Waals surface area contributed by atoms with E-state index in [1.165, 1.54) is 0 Å². The third-order valence-electron chi connectivity index (χ3n) is 2.51. The molecule has 0 rings (SSSR count). The monoisotopic (exact) mass is 217 g/mol. The van der Waals surface area contributed by atoms with E-state index in [1.807, 2.05) is 0 Å². The van der Waals surface area contributed by atoms with Gasteiger partial charge in [-0.05, 0) is 38.6 Å². The molecule has 0 saturated carbocycles. The van der Waals surface area contributed by atoms with Gasteiger partial charge in [0, 0.05) is 7.11 Å². The van der Waals surface area contributed by atoms with Gasteiger partial charge in [0.25, 0.3) is 0 Å². The second-order valence-corrected chi connectivity index (χ2v) is 5.48. The molecule has 3 heteroatoms. The number of ether oxygens (including phenoxy) is 2. The van der Waals surface area contributed by atoms with Crippen LogP contribution in [-0.2, 0) is 9.47 Å². The molecule has 0 aliphatic heterocycles. The Labute approximate surface area is 94.3 Å². The van der Waals surface area contributed by atoms with Crippen LogP contribution < -0.4 is 5.73 Å². The van der Waals surface area contributed by atoms with Gasteiger partial charge in [0.15, 0.2) is 0 Å². The summed E-state index contributed by atoms with van der Waals surface area (Å²) < 4.78 is 10.8. The van der Waals surface area contributed by atoms with Gasteiger partial charge in [-0.1, -0.05) is 13.8 Å². The van der Waals surface area contributed by atoms with Gasteiger partial charge in [0.05, 0.1) is 18.8 Å². The molecule has 0 aromatic heterocycles. The predicted octanol–water partition coefficient (Wildman–Crippen LogP) is 2.19. The van der Waals surface area contributed by atoms with E-state index in [2.05, 4.69) is 27.7 Å². The van der Waals surface area contributed by atoms with Crippen LogP contribution in [0.25, 0.3) is 0 Å². The summed E-state index contributed by atoms with van der Waals surface area (Å²) in [5.74, 6) is 0. The highest BCUT2D eigenvalue weighted by atomic mass is 16.5. The lowest BCUT2D eigenvalue weighted by atomic mass is 9.79. The first-order valence-corrected chi connectivity index (χ1v) is 5.66. The highest BCUT2D eigenvalue weighted by Crippen LogP contribution is 2.32. The molecule has 2 N–H and O–H groups in total. The average molecular weight is 217 g/mol. The Morgan fingerprint density at radius 1 is 1.07 bits per heavy atom. The highest BCUT2D eigenvalue weighted by molar-refractivity contribution is 4.80. The lowest BCUT2D eigenvalue weighted by Crippen LogP contribution is -2.33. The third kappa shape index (κ3) is 7.77. The molecule has 3 nitrogen and oxygen atoms in total. The van der Waals surface area contributed by atoms with Crippen LogP contribution in [-0.4, -0.2) is 32.5 Å². The molecule has 0 unspecified atom stereocenters. The minimum Gasteiger partial charge on any atom is -0.382 e. The fourth-order valence-corrected chi connectivity index (χ4v) is 2.08. The van der Waals surface area contributed by atoms with E-state index in [-0.39, 0.29) is 11.0 Å². The van der Waals surface area contributed by atoms with Crippen LogP contribution in [0.4, 0.5) is 0 Å². The van der Waals surface area contributed by atoms with Gasteiger partial charge >= 0.3 is 0 Å². The van der Waals surface area contributed by atoms with Crippen molar-refractivity contribution in [3.8, 4) is 0 Å². The summed E-state index contributed by atoms with van der Waals surface area (Å²) >= 11 is 0. The van der Waals surface area contributed by atoms with E-state index >= 15 is 0 Å². The van der Waals surface area contributed by atoms with Crippen molar-refractivity contribution in [1.29, 1.82) is 0 Å². The molecule has 0 radical (unpaired) electrons. The lowest BCUT2D eigenvalue weighted by Gasteiger charge is -2.34. The normalized spacial score (nSPS) is 13.2. The zero-order valence-electron chi connectivity index (χ0n) is 10.9. The topological polar surface area (TPSA) is 44.5 Å². The van der Waals surface area contributed by atoms with Crippen LogP contribution in [0.1, 0.15) is 40.5 Å². The Kier molecular flexibility index (Phi) is 6.41. The Balaban J connectivity index is 3.99. The van der Waals surface area contributed by atoms with Crippen molar-refractivity contribution >= 4 is 0 Å². The summed E-state index contributed by atoms with van der Waals surface area (Å²) in [4.78, 5) is 0. The first-order valence-electron chi connectivity index (χ1n) is 5.66. The summed E-state index contributed by atoms with van der Waals surface area (Å²) in [7, 11) is 1.69. The molecule has 0 saturated heterocycles. The summed E-state index contributed by atoms with van der Waals surface area (Å²) in [5, 5.41) is 0. The Morgan fingerprint density at radius 2 is 1.67 bits per heavy atom. The molecule has 0 aliphatic rings. The maximum Gasteiger partial charge on any atom is 0.0707 e. The first-order chi connectivity index (χ1) is 6.83. The van der Waals surface area contributed by atoms with Gasteiger partial charge in [-0.2, -0.15) is 0 Å². The van der Waals surface area contributed by atoms with Crippen molar-refractivity contribution in [1.82, 2.24) is 0 Å². The lowest BCUT2D eigenvalue weighted by molar-refractivity contribution is -0.0628. The van der Waals surface area contributed by atoms with E-state index in [4.69, 9.17) is 15.2 Å². The van der Waals surface area contributed by atoms with Gasteiger partial charge in [0.1, 0.15) is 0 Å². The van der Waals surface area contributed by atoms with Crippen LogP contribution >= 0.6 is 0 Å². The maximum atomic E-state index is 5.79. The van der Waals surface area contributed by atoms with E-state index in [0.29, 0.717) is 13.2 Å². The standard InChI is InChI=1S/C12H27NO2/c1-11(2,6-7-13)10-12(3,4)15-9-8-14-5/h6-10,13H2,1-5H3. The van der Waals surface area contributed by atoms with Crippen molar-refractivity contribution < 1.29 is 9.47 Å². The van der Waals surface area contributed by atoms with Crippen LogP contribution in [0.5, 0.6) is 0 Å². The Hall–Kier alpha value is -0.120. The van der Waals surface area contributed by atoms with E-state index in [0.717, 1.165) is 19.4 Å². The highest BCUT2D eigenvalue weighted by Gasteiger charge is 2.28. The minimum atomic E-state index is -0.1000. The summed E-state index contributed by atoms with van der Waals surface area (Å²) in [5.41, 5.74) is 5.74. The molecule has 0 aromatic rings. The molecule has 0 atom stereocenters. The molecule has 92 valence electrons. The fraction of sp³-hybridized carbons (Fsp3) is 1.00. The molecule has 0 spiro atoms. The van der Waals surface area contributed by atoms with Gasteiger partial charge in [0.2, 0.25) is 0 Å². The molecule has 0 aliphatic carbocycles. The van der Waals surface area contributed by atoms with Crippen molar-refractivity contribution in [2.24, 2.45) is 11.1 Å². The molecule has 0 heterocycles. The summed E-state index contributed by atoms with van der Waals surface area (Å²) in [6.45, 7) is 10.8. The Morgan fingerprint density at radius 3 is 2.13 bits per heavy atom. The molecule has 0 fully saturated rings. The zero-order valence-corrected chi connectivity index (χ0v) is 10.9. The Bertz CT molecular complexity index is 167. The largest absolute Gasteiger partial charge is 0.382 e. The van der Waals surface area contributed by atoms with Gasteiger partial charge in [-0.25, -0.2) is 0 Å². The predicted molar refractivity (Wildman–Crippen MR) is 64.0 cm³/mol. The zero-order chi connectivity index (χ0) is 11.9. The van der Waals surface area contributed by atoms with Crippen LogP contribution in [0, 0.1) is 5.41 Å². The smallest absolute Gasteiger partial charge is 0.0707 e. The first kappa shape index (κ1) is 14.9. The number of hydrogen-bond acceptors (Lipinski definition) is 3. The molecule has 0 bridgehead atoms. The van der Waals surface area contributed by atoms with Crippen LogP contribution in [0.15, 0.2) is 0 Å². The minimum absolute atomic E-state index is 0.1000. The SMILES string of the molecule is COCCOC(C)(C)CC(C)(C)CCN. The van der Waals surface area contributed by atoms with Crippen molar-refractivity contribution in [2.45, 2.75) is 46.1 Å². The van der Waals surface area contributed by atoms with E-state index < -0.39 is 0 Å². The van der Waals surface area contributed by atoms with Crippen molar-refractivity contribution in [2.75, 3.05) is 26.9 Å². The summed E-state index contributed by atoms with van der Waals surface area (Å²) in [6.07, 6.45) is 2.05. The fourth-order valence-electron chi connectivity index (χ4n) is 2.08. The average Bonchev–Trinajstić information content (AvgIpc) is 2.01. The van der Waals surface area contributed by atoms with Crippen LogP contribution in [0.2, 0.25) is 0 Å². The third-order valence-corrected chi connectivity index (χ3v) is 2.51. The van der Waals surface area contributed by atoms with E-state index in [9.17, 15) is 0 Å². The van der Waals surface area contributed by atoms with Gasteiger partial charge in [-0.15, -0.1) is 0 Å². The number of hydrogen-bond donors (Lipinski definition) is 1. The molecule has 15 heavy (non-hydrogen) atoms. The second-order valence-electron chi connectivity index (χ2n) is 5.48. The summed E-state index contributed by atoms with van der Waals surface area (Å²) in [6, 6.07) is 0. The molecule has 0 amide bonds. The number of rotatable bonds is 8.